The van der Waals surface area contributed by atoms with Crippen LogP contribution in [-0.2, 0) is 0 Å². The van der Waals surface area contributed by atoms with Crippen LogP contribution in [0.2, 0.25) is 5.02 Å². The van der Waals surface area contributed by atoms with Crippen LogP contribution in [0.4, 0.5) is 5.69 Å². The Morgan fingerprint density at radius 1 is 1.29 bits per heavy atom. The first-order chi connectivity index (χ1) is 9.88. The number of nitrogens with zero attached hydrogens (tertiary/aromatic N) is 1. The summed E-state index contributed by atoms with van der Waals surface area (Å²) in [4.78, 5) is 12.4. The molecule has 1 unspecified atom stereocenters. The largest absolute Gasteiger partial charge is 0.397 e. The zero-order valence-electron chi connectivity index (χ0n) is 12.4. The van der Waals surface area contributed by atoms with Gasteiger partial charge < -0.3 is 15.6 Å². The van der Waals surface area contributed by atoms with Crippen molar-refractivity contribution in [2.24, 2.45) is 0 Å². The van der Waals surface area contributed by atoms with Gasteiger partial charge in [-0.15, -0.1) is 0 Å². The summed E-state index contributed by atoms with van der Waals surface area (Å²) in [7, 11) is 0. The smallest absolute Gasteiger partial charge is 0.268 e. The normalized spacial score (nSPS) is 12.4. The summed E-state index contributed by atoms with van der Waals surface area (Å²) >= 11 is 5.98. The Balaban J connectivity index is 2.18. The monoisotopic (exact) mass is 305 g/mol. The number of carbonyl (C=O) groups excluding carboxylic acids is 1. The maximum atomic E-state index is 12.4. The van der Waals surface area contributed by atoms with E-state index in [0.29, 0.717) is 16.4 Å². The Kier molecular flexibility index (Phi) is 4.58. The molecule has 0 aliphatic carbocycles. The molecule has 0 spiro atoms. The zero-order chi connectivity index (χ0) is 15.6. The SMILES string of the molecule is CC(NC(=O)c1cc(N)cn1C(C)C)c1cccc(Cl)c1. The van der Waals surface area contributed by atoms with E-state index in [1.807, 2.05) is 49.6 Å². The number of carbonyl (C=O) groups is 1. The van der Waals surface area contributed by atoms with Gasteiger partial charge in [-0.25, -0.2) is 0 Å². The van der Waals surface area contributed by atoms with Crippen LogP contribution < -0.4 is 11.1 Å². The van der Waals surface area contributed by atoms with E-state index < -0.39 is 0 Å². The lowest BCUT2D eigenvalue weighted by atomic mass is 10.1. The third-order valence-electron chi connectivity index (χ3n) is 3.35. The maximum Gasteiger partial charge on any atom is 0.268 e. The fourth-order valence-electron chi connectivity index (χ4n) is 2.24. The second kappa shape index (κ2) is 6.22. The number of nitrogens with two attached hydrogens (primary N) is 1. The highest BCUT2D eigenvalue weighted by atomic mass is 35.5. The number of hydrogen-bond donors (Lipinski definition) is 2. The van der Waals surface area contributed by atoms with E-state index in [-0.39, 0.29) is 18.0 Å². The molecule has 2 rings (SSSR count). The molecular formula is C16H20ClN3O. The number of benzene rings is 1. The van der Waals surface area contributed by atoms with E-state index >= 15 is 0 Å². The molecule has 2 aromatic rings. The molecule has 112 valence electrons. The highest BCUT2D eigenvalue weighted by Gasteiger charge is 2.17. The van der Waals surface area contributed by atoms with Crippen LogP contribution >= 0.6 is 11.6 Å². The van der Waals surface area contributed by atoms with E-state index in [1.54, 1.807) is 12.3 Å². The highest BCUT2D eigenvalue weighted by Crippen LogP contribution is 2.20. The second-order valence-electron chi connectivity index (χ2n) is 5.41. The Hall–Kier alpha value is -1.94. The number of amides is 1. The number of rotatable bonds is 4. The summed E-state index contributed by atoms with van der Waals surface area (Å²) in [6.45, 7) is 5.95. The van der Waals surface area contributed by atoms with Crippen molar-refractivity contribution < 1.29 is 4.79 Å². The molecule has 1 heterocycles. The molecular weight excluding hydrogens is 286 g/mol. The molecule has 1 atom stereocenters. The van der Waals surface area contributed by atoms with Crippen LogP contribution in [-0.4, -0.2) is 10.5 Å². The van der Waals surface area contributed by atoms with Gasteiger partial charge in [0, 0.05) is 17.3 Å². The molecule has 1 amide bonds. The van der Waals surface area contributed by atoms with E-state index in [2.05, 4.69) is 5.32 Å². The van der Waals surface area contributed by atoms with Crippen molar-refractivity contribution >= 4 is 23.2 Å². The van der Waals surface area contributed by atoms with Crippen molar-refractivity contribution in [2.75, 3.05) is 5.73 Å². The minimum atomic E-state index is -0.145. The zero-order valence-corrected chi connectivity index (χ0v) is 13.2. The van der Waals surface area contributed by atoms with Crippen LogP contribution in [0.3, 0.4) is 0 Å². The van der Waals surface area contributed by atoms with E-state index in [0.717, 1.165) is 5.56 Å². The predicted octanol–water partition coefficient (Wildman–Crippen LogP) is 3.80. The van der Waals surface area contributed by atoms with Crippen molar-refractivity contribution in [2.45, 2.75) is 32.9 Å². The topological polar surface area (TPSA) is 60.1 Å². The molecule has 0 bridgehead atoms. The molecule has 5 heteroatoms. The number of anilines is 1. The summed E-state index contributed by atoms with van der Waals surface area (Å²) in [6.07, 6.45) is 1.78. The van der Waals surface area contributed by atoms with Crippen LogP contribution in [0.1, 0.15) is 48.9 Å². The number of nitrogens with one attached hydrogen (secondary N) is 1. The van der Waals surface area contributed by atoms with Crippen molar-refractivity contribution in [3.63, 3.8) is 0 Å². The minimum absolute atomic E-state index is 0.132. The minimum Gasteiger partial charge on any atom is -0.397 e. The van der Waals surface area contributed by atoms with Gasteiger partial charge in [0.2, 0.25) is 0 Å². The number of nitrogen functional groups attached to an aromatic ring is 1. The van der Waals surface area contributed by atoms with Crippen LogP contribution in [0, 0.1) is 0 Å². The van der Waals surface area contributed by atoms with Gasteiger partial charge in [0.15, 0.2) is 0 Å². The van der Waals surface area contributed by atoms with Crippen molar-refractivity contribution in [1.82, 2.24) is 9.88 Å². The summed E-state index contributed by atoms with van der Waals surface area (Å²) in [5.41, 5.74) is 7.92. The number of halogens is 1. The summed E-state index contributed by atoms with van der Waals surface area (Å²) in [5, 5.41) is 3.63. The Morgan fingerprint density at radius 2 is 2.00 bits per heavy atom. The fraction of sp³-hybridized carbons (Fsp3) is 0.312. The predicted molar refractivity (Wildman–Crippen MR) is 86.6 cm³/mol. The molecule has 0 aliphatic heterocycles. The van der Waals surface area contributed by atoms with Gasteiger partial charge >= 0.3 is 0 Å². The molecule has 4 nitrogen and oxygen atoms in total. The molecule has 21 heavy (non-hydrogen) atoms. The quantitative estimate of drug-likeness (QED) is 0.902. The van der Waals surface area contributed by atoms with Crippen LogP contribution in [0.5, 0.6) is 0 Å². The average molecular weight is 306 g/mol. The van der Waals surface area contributed by atoms with Crippen LogP contribution in [0.25, 0.3) is 0 Å². The van der Waals surface area contributed by atoms with Gasteiger partial charge in [-0.3, -0.25) is 4.79 Å². The fourth-order valence-corrected chi connectivity index (χ4v) is 2.44. The first-order valence-electron chi connectivity index (χ1n) is 6.92. The number of aromatic nitrogens is 1. The maximum absolute atomic E-state index is 12.4. The van der Waals surface area contributed by atoms with Gasteiger partial charge in [-0.05, 0) is 44.5 Å². The lowest BCUT2D eigenvalue weighted by molar-refractivity contribution is 0.0929. The summed E-state index contributed by atoms with van der Waals surface area (Å²) in [6, 6.07) is 9.20. The molecule has 0 saturated carbocycles. The third-order valence-corrected chi connectivity index (χ3v) is 3.59. The van der Waals surface area contributed by atoms with Crippen LogP contribution in [0.15, 0.2) is 36.5 Å². The molecule has 0 saturated heterocycles. The Labute approximate surface area is 129 Å². The number of hydrogen-bond acceptors (Lipinski definition) is 2. The molecule has 1 aromatic heterocycles. The van der Waals surface area contributed by atoms with Crippen molar-refractivity contribution in [1.29, 1.82) is 0 Å². The van der Waals surface area contributed by atoms with Gasteiger partial charge in [0.25, 0.3) is 5.91 Å². The molecule has 0 radical (unpaired) electrons. The average Bonchev–Trinajstić information content (AvgIpc) is 2.81. The second-order valence-corrected chi connectivity index (χ2v) is 5.85. The lowest BCUT2D eigenvalue weighted by Gasteiger charge is -2.17. The first kappa shape index (κ1) is 15.4. The Bertz CT molecular complexity index is 649. The lowest BCUT2D eigenvalue weighted by Crippen LogP contribution is -2.28. The van der Waals surface area contributed by atoms with Gasteiger partial charge in [0.05, 0.1) is 11.7 Å². The summed E-state index contributed by atoms with van der Waals surface area (Å²) in [5.74, 6) is -0.145. The van der Waals surface area contributed by atoms with Gasteiger partial charge in [-0.2, -0.15) is 0 Å². The standard InChI is InChI=1S/C16H20ClN3O/c1-10(2)20-9-14(18)8-15(20)16(21)19-11(3)12-5-4-6-13(17)7-12/h4-11H,18H2,1-3H3,(H,19,21). The summed E-state index contributed by atoms with van der Waals surface area (Å²) < 4.78 is 1.87. The van der Waals surface area contributed by atoms with Gasteiger partial charge in [0.1, 0.15) is 5.69 Å². The molecule has 1 aromatic carbocycles. The van der Waals surface area contributed by atoms with Crippen molar-refractivity contribution in [3.05, 3.63) is 52.8 Å². The van der Waals surface area contributed by atoms with Crippen molar-refractivity contribution in [3.8, 4) is 0 Å². The highest BCUT2D eigenvalue weighted by molar-refractivity contribution is 6.30. The third kappa shape index (κ3) is 3.58. The molecule has 0 fully saturated rings. The van der Waals surface area contributed by atoms with Gasteiger partial charge in [-0.1, -0.05) is 23.7 Å². The first-order valence-corrected chi connectivity index (χ1v) is 7.30. The van der Waals surface area contributed by atoms with E-state index in [4.69, 9.17) is 17.3 Å². The van der Waals surface area contributed by atoms with E-state index in [1.165, 1.54) is 0 Å². The van der Waals surface area contributed by atoms with E-state index in [9.17, 15) is 4.79 Å². The Morgan fingerprint density at radius 3 is 2.62 bits per heavy atom. The molecule has 0 aliphatic rings. The molecule has 3 N–H and O–H groups in total.